The van der Waals surface area contributed by atoms with Crippen LogP contribution in [0.25, 0.3) is 44.1 Å². The van der Waals surface area contributed by atoms with Crippen molar-refractivity contribution in [2.45, 2.75) is 12.3 Å². The Hall–Kier alpha value is -7.27. The molecule has 284 valence electrons. The minimum Gasteiger partial charge on any atom is -0.261 e. The third kappa shape index (κ3) is 9.82. The van der Waals surface area contributed by atoms with Gasteiger partial charge in [0.25, 0.3) is 0 Å². The molecule has 0 saturated carbocycles. The number of hydrogen-bond donors (Lipinski definition) is 0. The summed E-state index contributed by atoms with van der Waals surface area (Å²) < 4.78 is 0. The van der Waals surface area contributed by atoms with E-state index in [2.05, 4.69) is 136 Å². The van der Waals surface area contributed by atoms with Crippen LogP contribution in [0.2, 0.25) is 5.15 Å². The number of pyridine rings is 4. The van der Waals surface area contributed by atoms with Gasteiger partial charge in [-0.15, -0.1) is 0 Å². The Labute approximate surface area is 350 Å². The molecule has 1 unspecified atom stereocenters. The predicted molar refractivity (Wildman–Crippen MR) is 244 cm³/mol. The van der Waals surface area contributed by atoms with Gasteiger partial charge in [-0.25, -0.2) is 4.98 Å². The number of fused-ring (bicyclic) bond motifs is 2. The Morgan fingerprint density at radius 2 is 0.898 bits per heavy atom. The van der Waals surface area contributed by atoms with Crippen LogP contribution in [0.15, 0.2) is 231 Å². The highest BCUT2D eigenvalue weighted by atomic mass is 35.5. The van der Waals surface area contributed by atoms with Crippen molar-refractivity contribution in [1.29, 1.82) is 0 Å². The second-order valence-corrected chi connectivity index (χ2v) is 14.3. The van der Waals surface area contributed by atoms with Gasteiger partial charge in [0.15, 0.2) is 0 Å². The molecule has 5 heteroatoms. The number of aromatic nitrogens is 4. The zero-order valence-electron chi connectivity index (χ0n) is 32.4. The van der Waals surface area contributed by atoms with Crippen molar-refractivity contribution >= 4 is 33.1 Å². The number of benzene rings is 6. The van der Waals surface area contributed by atoms with E-state index in [0.29, 0.717) is 5.15 Å². The molecule has 4 aromatic heterocycles. The highest BCUT2D eigenvalue weighted by Gasteiger charge is 2.21. The van der Waals surface area contributed by atoms with E-state index in [9.17, 15) is 0 Å². The fraction of sp³-hybridized carbons (Fsp3) is 0.0370. The lowest BCUT2D eigenvalue weighted by molar-refractivity contribution is 0.880. The molecular formula is C54H41ClN4. The Kier molecular flexibility index (Phi) is 12.6. The zero-order valence-corrected chi connectivity index (χ0v) is 33.1. The molecule has 0 saturated heterocycles. The second kappa shape index (κ2) is 19.3. The molecule has 0 N–H and O–H groups in total. The molecule has 0 aliphatic rings. The van der Waals surface area contributed by atoms with E-state index in [-0.39, 0.29) is 5.92 Å². The third-order valence-electron chi connectivity index (χ3n) is 9.93. The van der Waals surface area contributed by atoms with Crippen LogP contribution in [0.3, 0.4) is 0 Å². The fourth-order valence-corrected chi connectivity index (χ4v) is 7.36. The van der Waals surface area contributed by atoms with Crippen molar-refractivity contribution in [3.05, 3.63) is 264 Å². The van der Waals surface area contributed by atoms with Crippen molar-refractivity contribution in [3.63, 3.8) is 0 Å². The average molecular weight is 781 g/mol. The van der Waals surface area contributed by atoms with E-state index in [1.165, 1.54) is 16.5 Å². The van der Waals surface area contributed by atoms with Crippen LogP contribution in [0, 0.1) is 0 Å². The Bertz CT molecular complexity index is 2760. The van der Waals surface area contributed by atoms with E-state index in [1.807, 2.05) is 109 Å². The molecule has 59 heavy (non-hydrogen) atoms. The van der Waals surface area contributed by atoms with Gasteiger partial charge in [-0.2, -0.15) is 0 Å². The number of hydrogen-bond acceptors (Lipinski definition) is 4. The van der Waals surface area contributed by atoms with Gasteiger partial charge >= 0.3 is 0 Å². The topological polar surface area (TPSA) is 51.6 Å². The van der Waals surface area contributed by atoms with Gasteiger partial charge in [0, 0.05) is 46.4 Å². The largest absolute Gasteiger partial charge is 0.261 e. The van der Waals surface area contributed by atoms with Gasteiger partial charge in [0.2, 0.25) is 0 Å². The normalized spacial score (nSPS) is 11.1. The summed E-state index contributed by atoms with van der Waals surface area (Å²) in [6.07, 6.45) is 4.60. The van der Waals surface area contributed by atoms with Crippen LogP contribution in [-0.2, 0) is 6.42 Å². The van der Waals surface area contributed by atoms with Crippen molar-refractivity contribution in [2.75, 3.05) is 0 Å². The minimum absolute atomic E-state index is 0.0236. The summed E-state index contributed by atoms with van der Waals surface area (Å²) in [6, 6.07) is 74.2. The standard InChI is InChI=1S/C27H20N2.C15H10ClN.C12H11N/c1-3-11-20(12-4-1)26(24-17-9-10-18-28-24)25-19-22-15-7-8-16-23(22)27(29-25)21-13-5-2-6-14-21;16-14-10-12-8-4-5-9-13(12)15(17-14)11-6-2-1-3-7-11;1-2-6-11(7-3-1)10-12-8-4-5-9-13-12/h1-19,26H;1-10H;1-9H,10H2. The van der Waals surface area contributed by atoms with Crippen LogP contribution >= 0.6 is 11.6 Å². The highest BCUT2D eigenvalue weighted by molar-refractivity contribution is 6.30. The molecule has 0 spiro atoms. The first-order valence-electron chi connectivity index (χ1n) is 19.6. The van der Waals surface area contributed by atoms with Gasteiger partial charge in [0.1, 0.15) is 5.15 Å². The van der Waals surface area contributed by atoms with E-state index >= 15 is 0 Å². The average Bonchev–Trinajstić information content (AvgIpc) is 3.31. The number of halogens is 1. The van der Waals surface area contributed by atoms with Crippen LogP contribution in [0.5, 0.6) is 0 Å². The summed E-state index contributed by atoms with van der Waals surface area (Å²) in [5.41, 5.74) is 9.78. The first-order chi connectivity index (χ1) is 29.2. The molecule has 0 fully saturated rings. The summed E-state index contributed by atoms with van der Waals surface area (Å²) in [7, 11) is 0. The van der Waals surface area contributed by atoms with Crippen molar-refractivity contribution in [3.8, 4) is 22.5 Å². The SMILES string of the molecule is Clc1cc2ccccc2c(-c2ccccc2)n1.c1ccc(-c2nc(C(c3ccccc3)c3ccccn3)cc3ccccc23)cc1.c1ccc(Cc2ccccn2)cc1. The van der Waals surface area contributed by atoms with Crippen LogP contribution in [-0.4, -0.2) is 19.9 Å². The fourth-order valence-electron chi connectivity index (χ4n) is 7.16. The van der Waals surface area contributed by atoms with Gasteiger partial charge < -0.3 is 0 Å². The molecule has 0 aliphatic carbocycles. The predicted octanol–water partition coefficient (Wildman–Crippen LogP) is 13.7. The Balaban J connectivity index is 0.000000136. The molecule has 0 aliphatic heterocycles. The molecule has 0 amide bonds. The molecule has 0 radical (unpaired) electrons. The van der Waals surface area contributed by atoms with Gasteiger partial charge in [0.05, 0.1) is 28.7 Å². The van der Waals surface area contributed by atoms with Crippen molar-refractivity contribution in [1.82, 2.24) is 19.9 Å². The first kappa shape index (κ1) is 38.6. The second-order valence-electron chi connectivity index (χ2n) is 13.9. The molecule has 10 rings (SSSR count). The Morgan fingerprint density at radius 3 is 1.47 bits per heavy atom. The van der Waals surface area contributed by atoms with E-state index < -0.39 is 0 Å². The highest BCUT2D eigenvalue weighted by Crippen LogP contribution is 2.35. The maximum absolute atomic E-state index is 6.06. The molecule has 4 heterocycles. The quantitative estimate of drug-likeness (QED) is 0.151. The van der Waals surface area contributed by atoms with Crippen LogP contribution in [0.1, 0.15) is 34.1 Å². The molecule has 4 nitrogen and oxygen atoms in total. The third-order valence-corrected chi connectivity index (χ3v) is 10.1. The van der Waals surface area contributed by atoms with Gasteiger partial charge in [-0.3, -0.25) is 15.0 Å². The monoisotopic (exact) mass is 780 g/mol. The Morgan fingerprint density at radius 1 is 0.407 bits per heavy atom. The summed E-state index contributed by atoms with van der Waals surface area (Å²) >= 11 is 6.06. The number of rotatable bonds is 7. The maximum atomic E-state index is 6.06. The number of nitrogens with zero attached hydrogens (tertiary/aromatic N) is 4. The van der Waals surface area contributed by atoms with Crippen molar-refractivity contribution < 1.29 is 0 Å². The molecule has 1 atom stereocenters. The van der Waals surface area contributed by atoms with Crippen molar-refractivity contribution in [2.24, 2.45) is 0 Å². The van der Waals surface area contributed by atoms with Gasteiger partial charge in [-0.1, -0.05) is 194 Å². The minimum atomic E-state index is -0.0236. The summed E-state index contributed by atoms with van der Waals surface area (Å²) in [5.74, 6) is -0.0236. The summed E-state index contributed by atoms with van der Waals surface area (Å²) in [4.78, 5) is 18.6. The lowest BCUT2D eigenvalue weighted by atomic mass is 9.90. The van der Waals surface area contributed by atoms with E-state index in [1.54, 1.807) is 0 Å². The molecular weight excluding hydrogens is 740 g/mol. The molecule has 0 bridgehead atoms. The molecule has 6 aromatic carbocycles. The lowest BCUT2D eigenvalue weighted by Crippen LogP contribution is -2.08. The van der Waals surface area contributed by atoms with E-state index in [0.717, 1.165) is 62.2 Å². The summed E-state index contributed by atoms with van der Waals surface area (Å²) in [5, 5.41) is 5.13. The smallest absolute Gasteiger partial charge is 0.130 e. The van der Waals surface area contributed by atoms with Crippen LogP contribution < -0.4 is 0 Å². The maximum Gasteiger partial charge on any atom is 0.130 e. The zero-order chi connectivity index (χ0) is 40.1. The molecule has 10 aromatic rings. The lowest BCUT2D eigenvalue weighted by Gasteiger charge is -2.19. The van der Waals surface area contributed by atoms with Crippen LogP contribution in [0.4, 0.5) is 0 Å². The first-order valence-corrected chi connectivity index (χ1v) is 20.0. The summed E-state index contributed by atoms with van der Waals surface area (Å²) in [6.45, 7) is 0. The van der Waals surface area contributed by atoms with Gasteiger partial charge in [-0.05, 0) is 58.3 Å². The van der Waals surface area contributed by atoms with E-state index in [4.69, 9.17) is 16.6 Å².